The molecule has 0 bridgehead atoms. The number of aromatic amines is 1. The van der Waals surface area contributed by atoms with Crippen molar-refractivity contribution in [3.63, 3.8) is 0 Å². The van der Waals surface area contributed by atoms with Gasteiger partial charge in [0.1, 0.15) is 11.9 Å². The number of hydrogen-bond donors (Lipinski definition) is 1. The number of rotatable bonds is 4. The third-order valence-corrected chi connectivity index (χ3v) is 4.03. The summed E-state index contributed by atoms with van der Waals surface area (Å²) >= 11 is 0. The lowest BCUT2D eigenvalue weighted by Gasteiger charge is -2.31. The summed E-state index contributed by atoms with van der Waals surface area (Å²) in [6, 6.07) is 3.01. The summed E-state index contributed by atoms with van der Waals surface area (Å²) in [6.07, 6.45) is 3.06. The van der Waals surface area contributed by atoms with E-state index >= 15 is 0 Å². The number of morpholine rings is 1. The summed E-state index contributed by atoms with van der Waals surface area (Å²) in [4.78, 5) is 30.5. The zero-order valence-electron chi connectivity index (χ0n) is 13.9. The number of carbonyl (C=O) groups excluding carboxylic acids is 1. The van der Waals surface area contributed by atoms with Gasteiger partial charge in [-0.05, 0) is 12.5 Å². The maximum atomic E-state index is 12.6. The molecule has 2 aromatic rings. The van der Waals surface area contributed by atoms with E-state index in [9.17, 15) is 9.59 Å². The Bertz CT molecular complexity index is 782. The third-order valence-electron chi connectivity index (χ3n) is 4.03. The van der Waals surface area contributed by atoms with Crippen LogP contribution in [-0.2, 0) is 18.2 Å². The fourth-order valence-corrected chi connectivity index (χ4v) is 2.66. The molecule has 3 rings (SSSR count). The second-order valence-corrected chi connectivity index (χ2v) is 5.87. The highest BCUT2D eigenvalue weighted by Gasteiger charge is 2.28. The molecule has 24 heavy (non-hydrogen) atoms. The van der Waals surface area contributed by atoms with E-state index in [0.29, 0.717) is 31.1 Å². The predicted octanol–water partition coefficient (Wildman–Crippen LogP) is 0.670. The highest BCUT2D eigenvalue weighted by Crippen LogP contribution is 2.20. The van der Waals surface area contributed by atoms with Crippen molar-refractivity contribution in [2.45, 2.75) is 25.9 Å². The molecule has 3 heterocycles. The average molecular weight is 331 g/mol. The molecule has 0 aliphatic carbocycles. The van der Waals surface area contributed by atoms with E-state index in [1.54, 1.807) is 24.2 Å². The normalized spacial score (nSPS) is 17.9. The Morgan fingerprint density at radius 3 is 3.08 bits per heavy atom. The molecule has 0 radical (unpaired) electrons. The molecule has 128 valence electrons. The van der Waals surface area contributed by atoms with Gasteiger partial charge in [0.25, 0.3) is 11.5 Å². The lowest BCUT2D eigenvalue weighted by atomic mass is 10.2. The highest BCUT2D eigenvalue weighted by molar-refractivity contribution is 5.94. The molecule has 1 amide bonds. The maximum Gasteiger partial charge on any atom is 0.254 e. The Morgan fingerprint density at radius 1 is 1.50 bits per heavy atom. The largest absolute Gasteiger partial charge is 0.366 e. The average Bonchev–Trinajstić information content (AvgIpc) is 3.06. The van der Waals surface area contributed by atoms with E-state index < -0.39 is 0 Å². The minimum atomic E-state index is -0.351. The number of hydrogen-bond acceptors (Lipinski definition) is 5. The molecule has 0 spiro atoms. The zero-order chi connectivity index (χ0) is 17.1. The van der Waals surface area contributed by atoms with Gasteiger partial charge >= 0.3 is 0 Å². The van der Waals surface area contributed by atoms with Crippen LogP contribution in [0, 0.1) is 0 Å². The van der Waals surface area contributed by atoms with Crippen molar-refractivity contribution in [2.24, 2.45) is 7.05 Å². The van der Waals surface area contributed by atoms with Crippen LogP contribution in [0.4, 0.5) is 0 Å². The van der Waals surface area contributed by atoms with E-state index in [-0.39, 0.29) is 17.6 Å². The van der Waals surface area contributed by atoms with E-state index in [2.05, 4.69) is 22.1 Å². The molecule has 0 unspecified atom stereocenters. The molecule has 8 nitrogen and oxygen atoms in total. The van der Waals surface area contributed by atoms with Gasteiger partial charge in [-0.15, -0.1) is 0 Å². The summed E-state index contributed by atoms with van der Waals surface area (Å²) in [5.41, 5.74) is 0.184. The summed E-state index contributed by atoms with van der Waals surface area (Å²) < 4.78 is 7.14. The van der Waals surface area contributed by atoms with Crippen molar-refractivity contribution in [3.8, 4) is 0 Å². The third kappa shape index (κ3) is 3.38. The van der Waals surface area contributed by atoms with Crippen molar-refractivity contribution in [1.29, 1.82) is 0 Å². The van der Waals surface area contributed by atoms with E-state index in [4.69, 9.17) is 4.74 Å². The van der Waals surface area contributed by atoms with Crippen molar-refractivity contribution in [3.05, 3.63) is 45.9 Å². The quantitative estimate of drug-likeness (QED) is 0.889. The SMILES string of the molecule is CCCc1nc([C@H]2CN(C(=O)c3ccn(C)c(=O)c3)CCO2)n[nH]1. The minimum absolute atomic E-state index is 0.176. The lowest BCUT2D eigenvalue weighted by Crippen LogP contribution is -2.42. The fraction of sp³-hybridized carbons (Fsp3) is 0.500. The van der Waals surface area contributed by atoms with Crippen LogP contribution in [0.3, 0.4) is 0 Å². The van der Waals surface area contributed by atoms with Gasteiger partial charge in [0.05, 0.1) is 13.2 Å². The first-order valence-electron chi connectivity index (χ1n) is 8.07. The first-order valence-corrected chi connectivity index (χ1v) is 8.07. The topological polar surface area (TPSA) is 93.1 Å². The molecule has 1 aliphatic rings. The van der Waals surface area contributed by atoms with Gasteiger partial charge in [0, 0.05) is 37.8 Å². The van der Waals surface area contributed by atoms with Gasteiger partial charge in [-0.25, -0.2) is 4.98 Å². The number of aromatic nitrogens is 4. The molecule has 1 aliphatic heterocycles. The van der Waals surface area contributed by atoms with Crippen molar-refractivity contribution in [1.82, 2.24) is 24.6 Å². The van der Waals surface area contributed by atoms with Gasteiger partial charge in [-0.2, -0.15) is 5.10 Å². The molecular weight excluding hydrogens is 310 g/mol. The summed E-state index contributed by atoms with van der Waals surface area (Å²) in [6.45, 7) is 3.34. The van der Waals surface area contributed by atoms with Gasteiger partial charge in [-0.3, -0.25) is 14.7 Å². The zero-order valence-corrected chi connectivity index (χ0v) is 13.9. The van der Waals surface area contributed by atoms with Gasteiger partial charge < -0.3 is 14.2 Å². The van der Waals surface area contributed by atoms with Gasteiger partial charge in [0.2, 0.25) is 0 Å². The van der Waals surface area contributed by atoms with Crippen molar-refractivity contribution >= 4 is 5.91 Å². The first-order chi connectivity index (χ1) is 11.6. The molecule has 8 heteroatoms. The molecule has 0 saturated carbocycles. The van der Waals surface area contributed by atoms with E-state index in [1.807, 2.05) is 0 Å². The Labute approximate surface area is 139 Å². The van der Waals surface area contributed by atoms with Crippen LogP contribution in [0.2, 0.25) is 0 Å². The minimum Gasteiger partial charge on any atom is -0.366 e. The molecule has 1 saturated heterocycles. The van der Waals surface area contributed by atoms with Crippen LogP contribution >= 0.6 is 0 Å². The van der Waals surface area contributed by atoms with Crippen molar-refractivity contribution in [2.75, 3.05) is 19.7 Å². The molecule has 1 atom stereocenters. The number of pyridine rings is 1. The number of aryl methyl sites for hydroxylation is 2. The predicted molar refractivity (Wildman–Crippen MR) is 86.7 cm³/mol. The number of ether oxygens (including phenoxy) is 1. The Balaban J connectivity index is 1.73. The first kappa shape index (κ1) is 16.4. The Hall–Kier alpha value is -2.48. The van der Waals surface area contributed by atoms with Gasteiger partial charge in [0.15, 0.2) is 5.82 Å². The molecule has 2 aromatic heterocycles. The summed E-state index contributed by atoms with van der Waals surface area (Å²) in [5, 5.41) is 7.10. The molecule has 0 aromatic carbocycles. The van der Waals surface area contributed by atoms with Crippen LogP contribution in [0.25, 0.3) is 0 Å². The number of carbonyl (C=O) groups is 1. The van der Waals surface area contributed by atoms with Crippen LogP contribution in [0.1, 0.15) is 41.5 Å². The second-order valence-electron chi connectivity index (χ2n) is 5.87. The second kappa shape index (κ2) is 6.96. The summed E-state index contributed by atoms with van der Waals surface area (Å²) in [5.74, 6) is 1.22. The maximum absolute atomic E-state index is 12.6. The van der Waals surface area contributed by atoms with Crippen molar-refractivity contribution < 1.29 is 9.53 Å². The monoisotopic (exact) mass is 331 g/mol. The lowest BCUT2D eigenvalue weighted by molar-refractivity contribution is -0.0266. The van der Waals surface area contributed by atoms with Gasteiger partial charge in [-0.1, -0.05) is 6.92 Å². The molecule has 1 fully saturated rings. The standard InChI is InChI=1S/C16H21N5O3/c1-3-4-13-17-15(19-18-13)12-10-21(7-8-24-12)16(23)11-5-6-20(2)14(22)9-11/h5-6,9,12H,3-4,7-8,10H2,1-2H3,(H,17,18,19)/t12-/m1/s1. The number of H-pyrrole nitrogens is 1. The van der Waals surface area contributed by atoms with Crippen LogP contribution in [0.15, 0.2) is 23.1 Å². The molecular formula is C16H21N5O3. The van der Waals surface area contributed by atoms with Crippen LogP contribution < -0.4 is 5.56 Å². The number of amides is 1. The summed E-state index contributed by atoms with van der Waals surface area (Å²) in [7, 11) is 1.65. The van der Waals surface area contributed by atoms with E-state index in [0.717, 1.165) is 18.7 Å². The Morgan fingerprint density at radius 2 is 2.33 bits per heavy atom. The van der Waals surface area contributed by atoms with E-state index in [1.165, 1.54) is 10.6 Å². The number of nitrogens with one attached hydrogen (secondary N) is 1. The highest BCUT2D eigenvalue weighted by atomic mass is 16.5. The van der Waals surface area contributed by atoms with Crippen LogP contribution in [-0.4, -0.2) is 50.3 Å². The fourth-order valence-electron chi connectivity index (χ4n) is 2.66. The van der Waals surface area contributed by atoms with Crippen LogP contribution in [0.5, 0.6) is 0 Å². The smallest absolute Gasteiger partial charge is 0.254 e. The number of nitrogens with zero attached hydrogens (tertiary/aromatic N) is 4. The molecule has 1 N–H and O–H groups in total. The Kier molecular flexibility index (Phi) is 4.75.